The number of hydrogen-bond acceptors (Lipinski definition) is 3. The molecule has 5 nitrogen and oxygen atoms in total. The Morgan fingerprint density at radius 3 is 2.78 bits per heavy atom. The second-order valence-corrected chi connectivity index (χ2v) is 9.02. The van der Waals surface area contributed by atoms with Gasteiger partial charge < -0.3 is 14.8 Å². The third kappa shape index (κ3) is 5.05. The van der Waals surface area contributed by atoms with Gasteiger partial charge in [0, 0.05) is 36.5 Å². The molecule has 1 aliphatic heterocycles. The molecule has 0 aliphatic carbocycles. The number of carbonyl (C=O) groups is 1. The number of pyridine rings is 1. The molecule has 0 bridgehead atoms. The molecule has 1 fully saturated rings. The van der Waals surface area contributed by atoms with E-state index in [2.05, 4.69) is 17.1 Å². The van der Waals surface area contributed by atoms with Crippen molar-refractivity contribution in [3.63, 3.8) is 0 Å². The van der Waals surface area contributed by atoms with E-state index in [9.17, 15) is 9.59 Å². The number of nitrogens with one attached hydrogen (secondary N) is 1. The van der Waals surface area contributed by atoms with Gasteiger partial charge in [-0.05, 0) is 61.6 Å². The summed E-state index contributed by atoms with van der Waals surface area (Å²) in [6.07, 6.45) is 2.71. The van der Waals surface area contributed by atoms with Crippen molar-refractivity contribution in [1.82, 2.24) is 9.88 Å². The summed E-state index contributed by atoms with van der Waals surface area (Å²) < 4.78 is 1.59. The highest BCUT2D eigenvalue weighted by Gasteiger charge is 2.24. The van der Waals surface area contributed by atoms with E-state index in [-0.39, 0.29) is 17.0 Å². The smallest absolute Gasteiger partial charge is 0.263 e. The molecule has 1 unspecified atom stereocenters. The lowest BCUT2D eigenvalue weighted by molar-refractivity contribution is 0.0946. The highest BCUT2D eigenvalue weighted by atomic mass is 35.5. The first-order chi connectivity index (χ1) is 15.4. The molecule has 0 radical (unpaired) electrons. The fourth-order valence-electron chi connectivity index (χ4n) is 4.31. The van der Waals surface area contributed by atoms with E-state index < -0.39 is 0 Å². The van der Waals surface area contributed by atoms with Crippen LogP contribution in [0.15, 0.2) is 65.6 Å². The molecular formula is C26H28ClN3O2. The molecule has 2 heterocycles. The number of aromatic nitrogens is 1. The van der Waals surface area contributed by atoms with E-state index in [1.165, 1.54) is 5.56 Å². The SMILES string of the molecule is Cc1cccc(Cn2cccc(C(=O)NCC3CCN(c4cc(Cl)ccc4C)C3)c2=O)c1. The van der Waals surface area contributed by atoms with Gasteiger partial charge in [0.05, 0.1) is 6.54 Å². The van der Waals surface area contributed by atoms with Crippen LogP contribution < -0.4 is 15.8 Å². The summed E-state index contributed by atoms with van der Waals surface area (Å²) in [7, 11) is 0. The summed E-state index contributed by atoms with van der Waals surface area (Å²) in [5.41, 5.74) is 4.43. The molecule has 1 saturated heterocycles. The van der Waals surface area contributed by atoms with Crippen LogP contribution in [0.1, 0.15) is 33.5 Å². The molecule has 1 aromatic heterocycles. The third-order valence-electron chi connectivity index (χ3n) is 6.05. The Kier molecular flexibility index (Phi) is 6.66. The minimum absolute atomic E-state index is 0.181. The van der Waals surface area contributed by atoms with Crippen LogP contribution >= 0.6 is 11.6 Å². The Balaban J connectivity index is 1.38. The zero-order valence-corrected chi connectivity index (χ0v) is 19.2. The van der Waals surface area contributed by atoms with Gasteiger partial charge >= 0.3 is 0 Å². The summed E-state index contributed by atoms with van der Waals surface area (Å²) >= 11 is 6.17. The topological polar surface area (TPSA) is 54.3 Å². The Morgan fingerprint density at radius 2 is 1.97 bits per heavy atom. The van der Waals surface area contributed by atoms with Crippen LogP contribution in [0, 0.1) is 19.8 Å². The zero-order valence-electron chi connectivity index (χ0n) is 18.5. The average molecular weight is 450 g/mol. The van der Waals surface area contributed by atoms with Crippen LogP contribution in [-0.2, 0) is 6.54 Å². The van der Waals surface area contributed by atoms with E-state index in [1.807, 2.05) is 49.4 Å². The Bertz CT molecular complexity index is 1190. The second-order valence-electron chi connectivity index (χ2n) is 8.59. The molecule has 3 aromatic rings. The van der Waals surface area contributed by atoms with Crippen LogP contribution in [0.25, 0.3) is 0 Å². The van der Waals surface area contributed by atoms with E-state index in [0.29, 0.717) is 19.0 Å². The number of halogens is 1. The number of aryl methyl sites for hydroxylation is 2. The van der Waals surface area contributed by atoms with Crippen LogP contribution in [0.3, 0.4) is 0 Å². The molecular weight excluding hydrogens is 422 g/mol. The van der Waals surface area contributed by atoms with E-state index in [1.54, 1.807) is 22.9 Å². The van der Waals surface area contributed by atoms with Crippen molar-refractivity contribution in [2.75, 3.05) is 24.5 Å². The highest BCUT2D eigenvalue weighted by molar-refractivity contribution is 6.30. The summed E-state index contributed by atoms with van der Waals surface area (Å²) in [5, 5.41) is 3.70. The second kappa shape index (κ2) is 9.61. The summed E-state index contributed by atoms with van der Waals surface area (Å²) in [6.45, 7) is 6.87. The summed E-state index contributed by atoms with van der Waals surface area (Å²) in [5.74, 6) is 0.0153. The first-order valence-electron chi connectivity index (χ1n) is 10.9. The van der Waals surface area contributed by atoms with Gasteiger partial charge in [-0.3, -0.25) is 9.59 Å². The van der Waals surface area contributed by atoms with Crippen molar-refractivity contribution >= 4 is 23.2 Å². The first-order valence-corrected chi connectivity index (χ1v) is 11.3. The van der Waals surface area contributed by atoms with Gasteiger partial charge in [-0.25, -0.2) is 0 Å². The quantitative estimate of drug-likeness (QED) is 0.606. The van der Waals surface area contributed by atoms with Gasteiger partial charge in [0.1, 0.15) is 5.56 Å². The van der Waals surface area contributed by atoms with Gasteiger partial charge in [0.15, 0.2) is 0 Å². The summed E-state index contributed by atoms with van der Waals surface area (Å²) in [6, 6.07) is 17.3. The normalized spacial score (nSPS) is 15.7. The molecule has 2 aromatic carbocycles. The van der Waals surface area contributed by atoms with Gasteiger partial charge in [-0.1, -0.05) is 47.5 Å². The van der Waals surface area contributed by atoms with Gasteiger partial charge in [-0.2, -0.15) is 0 Å². The average Bonchev–Trinajstić information content (AvgIpc) is 3.24. The molecule has 6 heteroatoms. The lowest BCUT2D eigenvalue weighted by Crippen LogP contribution is -2.36. The molecule has 4 rings (SSSR count). The van der Waals surface area contributed by atoms with Gasteiger partial charge in [-0.15, -0.1) is 0 Å². The van der Waals surface area contributed by atoms with E-state index in [4.69, 9.17) is 11.6 Å². The minimum Gasteiger partial charge on any atom is -0.371 e. The molecule has 0 saturated carbocycles. The number of rotatable bonds is 6. The summed E-state index contributed by atoms with van der Waals surface area (Å²) in [4.78, 5) is 28.0. The largest absolute Gasteiger partial charge is 0.371 e. The van der Waals surface area contributed by atoms with Crippen molar-refractivity contribution in [2.24, 2.45) is 5.92 Å². The lowest BCUT2D eigenvalue weighted by Gasteiger charge is -2.21. The molecule has 1 atom stereocenters. The van der Waals surface area contributed by atoms with Gasteiger partial charge in [0.2, 0.25) is 0 Å². The van der Waals surface area contributed by atoms with Crippen molar-refractivity contribution in [3.8, 4) is 0 Å². The predicted octanol–water partition coefficient (Wildman–Crippen LogP) is 4.42. The molecule has 166 valence electrons. The Morgan fingerprint density at radius 1 is 1.12 bits per heavy atom. The van der Waals surface area contributed by atoms with Gasteiger partial charge in [0.25, 0.3) is 11.5 Å². The fraction of sp³-hybridized carbons (Fsp3) is 0.308. The first kappa shape index (κ1) is 22.2. The number of nitrogens with zero attached hydrogens (tertiary/aromatic N) is 2. The van der Waals surface area contributed by atoms with Crippen LogP contribution in [0.4, 0.5) is 5.69 Å². The number of carbonyl (C=O) groups excluding carboxylic acids is 1. The Labute approximate surface area is 193 Å². The molecule has 1 amide bonds. The third-order valence-corrected chi connectivity index (χ3v) is 6.28. The lowest BCUT2D eigenvalue weighted by atomic mass is 10.1. The molecule has 0 spiro atoms. The maximum Gasteiger partial charge on any atom is 0.263 e. The van der Waals surface area contributed by atoms with E-state index >= 15 is 0 Å². The number of hydrogen-bond donors (Lipinski definition) is 1. The monoisotopic (exact) mass is 449 g/mol. The minimum atomic E-state index is -0.314. The van der Waals surface area contributed by atoms with Crippen molar-refractivity contribution in [3.05, 3.63) is 98.4 Å². The maximum absolute atomic E-state index is 12.9. The Hall–Kier alpha value is -3.05. The highest BCUT2D eigenvalue weighted by Crippen LogP contribution is 2.29. The number of amides is 1. The fourth-order valence-corrected chi connectivity index (χ4v) is 4.48. The molecule has 32 heavy (non-hydrogen) atoms. The van der Waals surface area contributed by atoms with E-state index in [0.717, 1.165) is 41.3 Å². The van der Waals surface area contributed by atoms with Crippen LogP contribution in [-0.4, -0.2) is 30.1 Å². The molecule has 1 N–H and O–H groups in total. The molecule has 1 aliphatic rings. The van der Waals surface area contributed by atoms with Crippen LogP contribution in [0.5, 0.6) is 0 Å². The number of anilines is 1. The van der Waals surface area contributed by atoms with Crippen molar-refractivity contribution in [2.45, 2.75) is 26.8 Å². The van der Waals surface area contributed by atoms with Crippen LogP contribution in [0.2, 0.25) is 5.02 Å². The van der Waals surface area contributed by atoms with Crippen molar-refractivity contribution < 1.29 is 4.79 Å². The zero-order chi connectivity index (χ0) is 22.7. The standard InChI is InChI=1S/C26H28ClN3O2/c1-18-5-3-6-20(13-18)16-30-11-4-7-23(26(30)32)25(31)28-15-21-10-12-29(17-21)24-14-22(27)9-8-19(24)2/h3-9,11,13-14,21H,10,12,15-17H2,1-2H3,(H,28,31). The number of benzene rings is 2. The van der Waals surface area contributed by atoms with Crippen molar-refractivity contribution in [1.29, 1.82) is 0 Å². The predicted molar refractivity (Wildman–Crippen MR) is 130 cm³/mol. The maximum atomic E-state index is 12.9.